The van der Waals surface area contributed by atoms with E-state index in [9.17, 15) is 8.42 Å². The molecule has 3 aromatic heterocycles. The summed E-state index contributed by atoms with van der Waals surface area (Å²) >= 11 is 5.89. The third kappa shape index (κ3) is 5.53. The predicted octanol–water partition coefficient (Wildman–Crippen LogP) is 2.91. The summed E-state index contributed by atoms with van der Waals surface area (Å²) < 4.78 is 45.8. The first kappa shape index (κ1) is 27.1. The van der Waals surface area contributed by atoms with Crippen molar-refractivity contribution in [1.29, 1.82) is 0 Å². The lowest BCUT2D eigenvalue weighted by Crippen LogP contribution is -2.27. The molecule has 37 heavy (non-hydrogen) atoms. The molecule has 200 valence electrons. The van der Waals surface area contributed by atoms with Gasteiger partial charge in [0.25, 0.3) is 0 Å². The third-order valence-corrected chi connectivity index (χ3v) is 8.94. The number of halogens is 1. The minimum absolute atomic E-state index is 0.146. The normalized spacial score (nSPS) is 18.9. The van der Waals surface area contributed by atoms with Gasteiger partial charge >= 0.3 is 0 Å². The molecule has 0 aromatic carbocycles. The van der Waals surface area contributed by atoms with Crippen molar-refractivity contribution in [3.05, 3.63) is 41.2 Å². The van der Waals surface area contributed by atoms with Gasteiger partial charge in [-0.1, -0.05) is 18.5 Å². The Labute approximate surface area is 220 Å². The van der Waals surface area contributed by atoms with E-state index in [1.807, 2.05) is 13.8 Å². The summed E-state index contributed by atoms with van der Waals surface area (Å²) in [4.78, 5) is 16.8. The first-order valence-electron chi connectivity index (χ1n) is 11.7. The summed E-state index contributed by atoms with van der Waals surface area (Å²) in [7, 11) is -0.840. The van der Waals surface area contributed by atoms with E-state index in [4.69, 9.17) is 25.8 Å². The number of sulfone groups is 1. The van der Waals surface area contributed by atoms with Gasteiger partial charge in [0, 0.05) is 24.2 Å². The van der Waals surface area contributed by atoms with Crippen molar-refractivity contribution in [1.82, 2.24) is 34.7 Å². The highest BCUT2D eigenvalue weighted by atomic mass is 35.5. The molecule has 0 N–H and O–H groups in total. The zero-order valence-corrected chi connectivity index (χ0v) is 23.1. The summed E-state index contributed by atoms with van der Waals surface area (Å²) in [5.74, 6) is 0.427. The Hall–Kier alpha value is -2.90. The van der Waals surface area contributed by atoms with Gasteiger partial charge in [0.15, 0.2) is 21.3 Å². The molecule has 1 saturated heterocycles. The van der Waals surface area contributed by atoms with E-state index >= 15 is 0 Å². The Morgan fingerprint density at radius 2 is 1.73 bits per heavy atom. The molecule has 1 fully saturated rings. The van der Waals surface area contributed by atoms with Crippen LogP contribution in [-0.4, -0.2) is 74.8 Å². The van der Waals surface area contributed by atoms with Crippen molar-refractivity contribution in [2.75, 3.05) is 20.8 Å². The van der Waals surface area contributed by atoms with Crippen molar-refractivity contribution in [2.45, 2.75) is 62.6 Å². The van der Waals surface area contributed by atoms with Crippen LogP contribution in [0.15, 0.2) is 18.7 Å². The summed E-state index contributed by atoms with van der Waals surface area (Å²) in [6.45, 7) is 7.77. The van der Waals surface area contributed by atoms with Crippen LogP contribution >= 0.6 is 11.6 Å². The molecule has 0 bridgehead atoms. The SMILES string of the molecule is COc1ncnc(OC)c1-n1c(CS(=O)(=O)[C@@H](C)[C@H](C)c2ncc(Cl)cn2)nnc1[C@@H]1COC(C)(C)C1. The third-order valence-electron chi connectivity index (χ3n) is 6.55. The number of hydrogen-bond acceptors (Lipinski definition) is 11. The van der Waals surface area contributed by atoms with Gasteiger partial charge in [0.2, 0.25) is 11.8 Å². The van der Waals surface area contributed by atoms with Crippen molar-refractivity contribution < 1.29 is 22.6 Å². The summed E-state index contributed by atoms with van der Waals surface area (Å²) in [6, 6.07) is 0. The summed E-state index contributed by atoms with van der Waals surface area (Å²) in [5, 5.41) is 8.27. The Bertz CT molecular complexity index is 1340. The Kier molecular flexibility index (Phi) is 7.67. The molecule has 4 rings (SSSR count). The lowest BCUT2D eigenvalue weighted by Gasteiger charge is -2.21. The van der Waals surface area contributed by atoms with Crippen LogP contribution in [0.1, 0.15) is 63.4 Å². The highest BCUT2D eigenvalue weighted by Gasteiger charge is 2.39. The van der Waals surface area contributed by atoms with Gasteiger partial charge in [0.1, 0.15) is 23.7 Å². The molecule has 3 aromatic rings. The summed E-state index contributed by atoms with van der Waals surface area (Å²) in [6.07, 6.45) is 4.86. The number of hydrogen-bond donors (Lipinski definition) is 0. The van der Waals surface area contributed by atoms with Crippen LogP contribution < -0.4 is 9.47 Å². The smallest absolute Gasteiger partial charge is 0.245 e. The molecule has 0 saturated carbocycles. The molecule has 1 aliphatic heterocycles. The number of ether oxygens (including phenoxy) is 3. The largest absolute Gasteiger partial charge is 0.479 e. The molecule has 1 aliphatic rings. The van der Waals surface area contributed by atoms with E-state index in [1.165, 1.54) is 32.9 Å². The molecular formula is C23H30ClN7O5S. The van der Waals surface area contributed by atoms with Gasteiger partial charge in [-0.2, -0.15) is 9.97 Å². The predicted molar refractivity (Wildman–Crippen MR) is 135 cm³/mol. The Balaban J connectivity index is 1.78. The molecular weight excluding hydrogens is 522 g/mol. The van der Waals surface area contributed by atoms with E-state index in [0.29, 0.717) is 35.4 Å². The van der Waals surface area contributed by atoms with Gasteiger partial charge < -0.3 is 14.2 Å². The van der Waals surface area contributed by atoms with Crippen LogP contribution in [0.3, 0.4) is 0 Å². The number of aromatic nitrogens is 7. The number of nitrogens with zero attached hydrogens (tertiary/aromatic N) is 7. The minimum atomic E-state index is -3.76. The second kappa shape index (κ2) is 10.5. The molecule has 0 radical (unpaired) electrons. The molecule has 3 atom stereocenters. The van der Waals surface area contributed by atoms with Gasteiger partial charge in [-0.3, -0.25) is 4.57 Å². The standard InChI is InChI=1S/C23H30ClN7O5S/c1-13(19-25-8-16(24)9-26-19)14(2)37(32,33)11-17-29-30-20(15-7-23(3,4)36-10-15)31(17)18-21(34-5)27-12-28-22(18)35-6/h8-9,12-15H,7,10-11H2,1-6H3/t13-,14-,15-/m0/s1. The summed E-state index contributed by atoms with van der Waals surface area (Å²) in [5.41, 5.74) is -0.0402. The number of rotatable bonds is 9. The monoisotopic (exact) mass is 551 g/mol. The topological polar surface area (TPSA) is 144 Å². The fourth-order valence-electron chi connectivity index (χ4n) is 4.36. The van der Waals surface area contributed by atoms with E-state index in [2.05, 4.69) is 30.1 Å². The maximum absolute atomic E-state index is 13.6. The molecule has 4 heterocycles. The van der Waals surface area contributed by atoms with Crippen LogP contribution in [0.25, 0.3) is 5.69 Å². The lowest BCUT2D eigenvalue weighted by molar-refractivity contribution is 0.0360. The van der Waals surface area contributed by atoms with E-state index in [-0.39, 0.29) is 29.1 Å². The first-order valence-corrected chi connectivity index (χ1v) is 13.8. The van der Waals surface area contributed by atoms with Crippen molar-refractivity contribution in [3.63, 3.8) is 0 Å². The van der Waals surface area contributed by atoms with Gasteiger partial charge in [-0.05, 0) is 27.2 Å². The Morgan fingerprint density at radius 3 is 2.27 bits per heavy atom. The van der Waals surface area contributed by atoms with Crippen LogP contribution in [0.2, 0.25) is 5.02 Å². The van der Waals surface area contributed by atoms with Gasteiger partial charge in [-0.25, -0.2) is 18.4 Å². The highest BCUT2D eigenvalue weighted by molar-refractivity contribution is 7.91. The molecule has 12 nitrogen and oxygen atoms in total. The van der Waals surface area contributed by atoms with Gasteiger partial charge in [-0.15, -0.1) is 10.2 Å². The highest BCUT2D eigenvalue weighted by Crippen LogP contribution is 2.39. The zero-order chi connectivity index (χ0) is 27.0. The molecule has 0 amide bonds. The second-order valence-electron chi connectivity index (χ2n) is 9.58. The minimum Gasteiger partial charge on any atom is -0.479 e. The molecule has 0 aliphatic carbocycles. The first-order chi connectivity index (χ1) is 17.5. The van der Waals surface area contributed by atoms with Crippen LogP contribution in [0, 0.1) is 0 Å². The maximum atomic E-state index is 13.6. The van der Waals surface area contributed by atoms with Crippen molar-refractivity contribution in [3.8, 4) is 17.4 Å². The van der Waals surface area contributed by atoms with Crippen molar-refractivity contribution >= 4 is 21.4 Å². The van der Waals surface area contributed by atoms with Crippen LogP contribution in [0.4, 0.5) is 0 Å². The second-order valence-corrected chi connectivity index (χ2v) is 12.4. The fraction of sp³-hybridized carbons (Fsp3) is 0.565. The van der Waals surface area contributed by atoms with Crippen molar-refractivity contribution in [2.24, 2.45) is 0 Å². The van der Waals surface area contributed by atoms with E-state index < -0.39 is 26.8 Å². The molecule has 14 heteroatoms. The maximum Gasteiger partial charge on any atom is 0.245 e. The number of methoxy groups -OCH3 is 2. The average molecular weight is 552 g/mol. The zero-order valence-electron chi connectivity index (χ0n) is 21.5. The van der Waals surface area contributed by atoms with Gasteiger partial charge in [0.05, 0.1) is 36.7 Å². The fourth-order valence-corrected chi connectivity index (χ4v) is 6.01. The van der Waals surface area contributed by atoms with E-state index in [0.717, 1.165) is 0 Å². The Morgan fingerprint density at radius 1 is 1.11 bits per heavy atom. The quantitative estimate of drug-likeness (QED) is 0.387. The van der Waals surface area contributed by atoms with Crippen LogP contribution in [0.5, 0.6) is 11.8 Å². The average Bonchev–Trinajstić information content (AvgIpc) is 3.44. The molecule has 0 spiro atoms. The lowest BCUT2D eigenvalue weighted by atomic mass is 9.97. The van der Waals surface area contributed by atoms with Crippen LogP contribution in [-0.2, 0) is 20.3 Å². The molecule has 0 unspecified atom stereocenters. The van der Waals surface area contributed by atoms with E-state index in [1.54, 1.807) is 18.4 Å².